The molecule has 1 N–H and O–H groups in total. The molecule has 0 bridgehead atoms. The maximum atomic E-state index is 12.4. The molecular formula is C23H29ClF2N2OS. The molecular weight excluding hydrogens is 426 g/mol. The molecule has 2 aromatic rings. The Labute approximate surface area is 187 Å². The van der Waals surface area contributed by atoms with Gasteiger partial charge in [0.25, 0.3) is 5.92 Å². The molecule has 164 valence electrons. The molecule has 2 aliphatic rings. The second-order valence-electron chi connectivity index (χ2n) is 7.29. The molecule has 0 aromatic heterocycles. The molecule has 2 aliphatic heterocycles. The first-order valence-corrected chi connectivity index (χ1v) is 11.6. The van der Waals surface area contributed by atoms with Crippen molar-refractivity contribution in [1.29, 1.82) is 0 Å². The van der Waals surface area contributed by atoms with Gasteiger partial charge >= 0.3 is 0 Å². The van der Waals surface area contributed by atoms with Crippen molar-refractivity contribution in [2.45, 2.75) is 25.2 Å². The van der Waals surface area contributed by atoms with E-state index in [1.807, 2.05) is 54.4 Å². The lowest BCUT2D eigenvalue weighted by Crippen LogP contribution is -2.36. The largest absolute Gasteiger partial charge is 0.355 e. The molecule has 1 amide bonds. The molecule has 4 rings (SSSR count). The smallest absolute Gasteiger partial charge is 0.250 e. The predicted octanol–water partition coefficient (Wildman–Crippen LogP) is 5.59. The first-order chi connectivity index (χ1) is 14.4. The quantitative estimate of drug-likeness (QED) is 0.609. The summed E-state index contributed by atoms with van der Waals surface area (Å²) >= 11 is 7.51. The van der Waals surface area contributed by atoms with Crippen molar-refractivity contribution in [2.75, 3.05) is 38.2 Å². The van der Waals surface area contributed by atoms with Gasteiger partial charge in [-0.05, 0) is 42.5 Å². The highest BCUT2D eigenvalue weighted by Gasteiger charge is 2.32. The van der Waals surface area contributed by atoms with E-state index in [9.17, 15) is 13.6 Å². The number of nitrogens with one attached hydrogen (secondary N) is 1. The maximum Gasteiger partial charge on any atom is 0.250 e. The molecule has 3 nitrogen and oxygen atoms in total. The molecule has 30 heavy (non-hydrogen) atoms. The van der Waals surface area contributed by atoms with E-state index in [-0.39, 0.29) is 18.7 Å². The minimum atomic E-state index is -2.38. The van der Waals surface area contributed by atoms with Gasteiger partial charge in [-0.2, -0.15) is 11.8 Å². The molecule has 2 fully saturated rings. The van der Waals surface area contributed by atoms with E-state index >= 15 is 0 Å². The van der Waals surface area contributed by atoms with Crippen molar-refractivity contribution in [3.63, 3.8) is 0 Å². The molecule has 0 unspecified atom stereocenters. The topological polar surface area (TPSA) is 32.3 Å². The fraction of sp³-hybridized carbons (Fsp3) is 0.435. The van der Waals surface area contributed by atoms with Gasteiger partial charge < -0.3 is 10.2 Å². The summed E-state index contributed by atoms with van der Waals surface area (Å²) in [6.45, 7) is 1.94. The molecule has 2 saturated heterocycles. The summed E-state index contributed by atoms with van der Waals surface area (Å²) in [5.41, 5.74) is 2.42. The molecule has 0 radical (unpaired) electrons. The molecule has 0 saturated carbocycles. The van der Waals surface area contributed by atoms with Crippen molar-refractivity contribution in [3.8, 4) is 11.1 Å². The van der Waals surface area contributed by atoms with Crippen LogP contribution in [0.1, 0.15) is 19.3 Å². The van der Waals surface area contributed by atoms with Crippen LogP contribution in [0.3, 0.4) is 0 Å². The number of thioether (sulfide) groups is 1. The molecule has 2 heterocycles. The van der Waals surface area contributed by atoms with Crippen LogP contribution in [0, 0.1) is 0 Å². The number of carbonyl (C=O) groups is 1. The zero-order valence-electron chi connectivity index (χ0n) is 17.3. The Kier molecular flexibility index (Phi) is 10.6. The number of halogens is 3. The number of hydrogen-bond donors (Lipinski definition) is 1. The summed E-state index contributed by atoms with van der Waals surface area (Å²) in [5.74, 6) is -0.418. The third-order valence-electron chi connectivity index (χ3n) is 4.69. The highest BCUT2D eigenvalue weighted by atomic mass is 35.5. The first kappa shape index (κ1) is 24.6. The van der Waals surface area contributed by atoms with Crippen LogP contribution >= 0.6 is 23.4 Å². The number of likely N-dealkylation sites (tertiary alicyclic amines) is 1. The van der Waals surface area contributed by atoms with Gasteiger partial charge in [0.05, 0.1) is 5.75 Å². The van der Waals surface area contributed by atoms with E-state index in [0.29, 0.717) is 18.8 Å². The summed E-state index contributed by atoms with van der Waals surface area (Å²) in [6.07, 6.45) is 1.18. The van der Waals surface area contributed by atoms with Crippen LogP contribution in [0.2, 0.25) is 5.02 Å². The highest BCUT2D eigenvalue weighted by Crippen LogP contribution is 2.26. The lowest BCUT2D eigenvalue weighted by molar-refractivity contribution is -0.118. The number of nitrogens with zero attached hydrogens (tertiary/aromatic N) is 1. The summed E-state index contributed by atoms with van der Waals surface area (Å²) in [5, 5.41) is 3.56. The molecule has 7 heteroatoms. The van der Waals surface area contributed by atoms with Gasteiger partial charge in [-0.1, -0.05) is 54.1 Å². The van der Waals surface area contributed by atoms with Gasteiger partial charge in [0.15, 0.2) is 0 Å². The van der Waals surface area contributed by atoms with Crippen LogP contribution in [0.15, 0.2) is 54.6 Å². The summed E-state index contributed by atoms with van der Waals surface area (Å²) < 4.78 is 24.7. The number of piperidine rings is 1. The van der Waals surface area contributed by atoms with Gasteiger partial charge in [-0.3, -0.25) is 4.79 Å². The predicted molar refractivity (Wildman–Crippen MR) is 124 cm³/mol. The average Bonchev–Trinajstić information content (AvgIpc) is 3.00. The van der Waals surface area contributed by atoms with E-state index in [4.69, 9.17) is 11.6 Å². The van der Waals surface area contributed by atoms with Gasteiger partial charge in [0.1, 0.15) is 0 Å². The average molecular weight is 455 g/mol. The number of amides is 1. The lowest BCUT2D eigenvalue weighted by Gasteiger charge is -2.28. The molecule has 0 atom stereocenters. The minimum Gasteiger partial charge on any atom is -0.355 e. The zero-order chi connectivity index (χ0) is 21.8. The molecule has 0 spiro atoms. The third kappa shape index (κ3) is 9.92. The highest BCUT2D eigenvalue weighted by molar-refractivity contribution is 7.99. The van der Waals surface area contributed by atoms with Crippen molar-refractivity contribution >= 4 is 29.3 Å². The van der Waals surface area contributed by atoms with Crippen LogP contribution in [0.5, 0.6) is 0 Å². The normalized spacial score (nSPS) is 18.6. The number of alkyl halides is 2. The monoisotopic (exact) mass is 454 g/mol. The zero-order valence-corrected chi connectivity index (χ0v) is 18.8. The van der Waals surface area contributed by atoms with Crippen molar-refractivity contribution < 1.29 is 13.6 Å². The van der Waals surface area contributed by atoms with Crippen molar-refractivity contribution in [1.82, 2.24) is 10.2 Å². The van der Waals surface area contributed by atoms with Crippen molar-refractivity contribution in [3.05, 3.63) is 59.6 Å². The lowest BCUT2D eigenvalue weighted by atomic mass is 10.1. The Morgan fingerprint density at radius 2 is 1.60 bits per heavy atom. The Morgan fingerprint density at radius 1 is 1.00 bits per heavy atom. The van der Waals surface area contributed by atoms with Gasteiger partial charge in [0.2, 0.25) is 5.91 Å². The van der Waals surface area contributed by atoms with E-state index in [2.05, 4.69) is 17.4 Å². The Balaban J connectivity index is 0.000000167. The van der Waals surface area contributed by atoms with Crippen LogP contribution in [0.25, 0.3) is 11.1 Å². The van der Waals surface area contributed by atoms with E-state index in [1.54, 1.807) is 11.8 Å². The number of benzene rings is 2. The Hall–Kier alpha value is -1.63. The molecule has 0 aliphatic carbocycles. The van der Waals surface area contributed by atoms with Crippen LogP contribution in [-0.2, 0) is 4.79 Å². The third-order valence-corrected chi connectivity index (χ3v) is 5.99. The maximum absolute atomic E-state index is 12.4. The second-order valence-corrected chi connectivity index (χ2v) is 8.83. The summed E-state index contributed by atoms with van der Waals surface area (Å²) in [4.78, 5) is 12.5. The van der Waals surface area contributed by atoms with E-state index in [1.165, 1.54) is 11.1 Å². The van der Waals surface area contributed by atoms with Crippen LogP contribution in [-0.4, -0.2) is 54.9 Å². The number of rotatable bonds is 1. The van der Waals surface area contributed by atoms with Crippen LogP contribution in [0.4, 0.5) is 8.78 Å². The Bertz CT molecular complexity index is 740. The summed E-state index contributed by atoms with van der Waals surface area (Å²) in [7, 11) is 1.87. The second kappa shape index (κ2) is 12.9. The fourth-order valence-corrected chi connectivity index (χ4v) is 3.74. The van der Waals surface area contributed by atoms with E-state index < -0.39 is 5.92 Å². The molecule has 2 aromatic carbocycles. The SMILES string of the molecule is CN1CCC(F)(F)CC1.Clc1ccc(-c2ccccc2)cc1.O=C1CSCCCN1. The fourth-order valence-electron chi connectivity index (χ4n) is 2.84. The Morgan fingerprint density at radius 3 is 2.20 bits per heavy atom. The van der Waals surface area contributed by atoms with Gasteiger partial charge in [-0.15, -0.1) is 0 Å². The van der Waals surface area contributed by atoms with Crippen LogP contribution < -0.4 is 5.32 Å². The number of hydrogen-bond acceptors (Lipinski definition) is 3. The minimum absolute atomic E-state index is 0.0312. The van der Waals surface area contributed by atoms with Gasteiger partial charge in [0, 0.05) is 37.5 Å². The standard InChI is InChI=1S/C12H9Cl.C6H11F2N.C5H9NOS/c13-12-8-6-11(7-9-12)10-4-2-1-3-5-10;1-9-4-2-6(7,8)3-5-9;7-5-4-8-3-1-2-6-5/h1-9H;2-5H2,1H3;1-4H2,(H,6,7). The van der Waals surface area contributed by atoms with Gasteiger partial charge in [-0.25, -0.2) is 8.78 Å². The number of carbonyl (C=O) groups excluding carboxylic acids is 1. The summed E-state index contributed by atoms with van der Waals surface area (Å²) in [6, 6.07) is 18.1. The van der Waals surface area contributed by atoms with Crippen molar-refractivity contribution in [2.24, 2.45) is 0 Å². The first-order valence-electron chi connectivity index (χ1n) is 10.1. The van der Waals surface area contributed by atoms with E-state index in [0.717, 1.165) is 23.7 Å².